The minimum absolute atomic E-state index is 0.240. The molecule has 0 radical (unpaired) electrons. The number of hydrogen-bond donors (Lipinski definition) is 1. The van der Waals surface area contributed by atoms with Crippen LogP contribution in [0.4, 0.5) is 5.69 Å². The summed E-state index contributed by atoms with van der Waals surface area (Å²) in [5.74, 6) is 1.36. The smallest absolute Gasteiger partial charge is 0.231 e. The van der Waals surface area contributed by atoms with Crippen LogP contribution in [0.15, 0.2) is 36.4 Å². The van der Waals surface area contributed by atoms with Crippen LogP contribution in [0.5, 0.6) is 11.5 Å². The Morgan fingerprint density at radius 2 is 2.11 bits per heavy atom. The Morgan fingerprint density at radius 1 is 1.21 bits per heavy atom. The lowest BCUT2D eigenvalue weighted by Gasteiger charge is -2.09. The van der Waals surface area contributed by atoms with Crippen LogP contribution in [0.3, 0.4) is 0 Å². The second-order valence-corrected chi connectivity index (χ2v) is 4.94. The van der Waals surface area contributed by atoms with Crippen LogP contribution in [0.2, 0.25) is 5.02 Å². The quantitative estimate of drug-likeness (QED) is 0.919. The van der Waals surface area contributed by atoms with Gasteiger partial charge in [0.1, 0.15) is 0 Å². The highest BCUT2D eigenvalue weighted by atomic mass is 35.5. The standard InChI is InChI=1S/C15H14ClNO2/c1-10-3-2-4-12(5-10)17-8-11-6-13(16)15-14(7-11)18-9-19-15/h2-7,17H,8-9H2,1H3. The molecule has 3 rings (SSSR count). The fourth-order valence-corrected chi connectivity index (χ4v) is 2.37. The summed E-state index contributed by atoms with van der Waals surface area (Å²) in [5, 5.41) is 3.96. The molecule has 0 saturated heterocycles. The van der Waals surface area contributed by atoms with Crippen LogP contribution < -0.4 is 14.8 Å². The number of halogens is 1. The Hall–Kier alpha value is -1.87. The molecule has 19 heavy (non-hydrogen) atoms. The van der Waals surface area contributed by atoms with Crippen LogP contribution in [-0.4, -0.2) is 6.79 Å². The first-order chi connectivity index (χ1) is 9.22. The predicted molar refractivity (Wildman–Crippen MR) is 76.1 cm³/mol. The summed E-state index contributed by atoms with van der Waals surface area (Å²) in [5.41, 5.74) is 3.39. The van der Waals surface area contributed by atoms with E-state index in [-0.39, 0.29) is 6.79 Å². The van der Waals surface area contributed by atoms with Gasteiger partial charge in [-0.05, 0) is 42.3 Å². The van der Waals surface area contributed by atoms with Crippen molar-refractivity contribution in [3.63, 3.8) is 0 Å². The van der Waals surface area contributed by atoms with Gasteiger partial charge in [-0.25, -0.2) is 0 Å². The molecule has 4 heteroatoms. The molecule has 1 N–H and O–H groups in total. The number of hydrogen-bond acceptors (Lipinski definition) is 3. The summed E-state index contributed by atoms with van der Waals surface area (Å²) in [4.78, 5) is 0. The molecule has 0 aromatic heterocycles. The number of nitrogens with one attached hydrogen (secondary N) is 1. The van der Waals surface area contributed by atoms with E-state index < -0.39 is 0 Å². The SMILES string of the molecule is Cc1cccc(NCc2cc(Cl)c3c(c2)OCO3)c1. The highest BCUT2D eigenvalue weighted by molar-refractivity contribution is 6.32. The van der Waals surface area contributed by atoms with E-state index in [9.17, 15) is 0 Å². The van der Waals surface area contributed by atoms with Gasteiger partial charge < -0.3 is 14.8 Å². The van der Waals surface area contributed by atoms with Crippen molar-refractivity contribution in [3.05, 3.63) is 52.5 Å². The molecule has 0 atom stereocenters. The highest BCUT2D eigenvalue weighted by Crippen LogP contribution is 2.39. The zero-order valence-corrected chi connectivity index (χ0v) is 11.3. The lowest BCUT2D eigenvalue weighted by Crippen LogP contribution is -1.99. The van der Waals surface area contributed by atoms with Gasteiger partial charge in [0, 0.05) is 12.2 Å². The first-order valence-electron chi connectivity index (χ1n) is 6.11. The maximum Gasteiger partial charge on any atom is 0.231 e. The summed E-state index contributed by atoms with van der Waals surface area (Å²) in [6, 6.07) is 12.1. The molecule has 1 aliphatic rings. The number of fused-ring (bicyclic) bond motifs is 1. The second-order valence-electron chi connectivity index (χ2n) is 4.53. The van der Waals surface area contributed by atoms with Crippen molar-refractivity contribution in [3.8, 4) is 11.5 Å². The molecule has 3 nitrogen and oxygen atoms in total. The van der Waals surface area contributed by atoms with Crippen LogP contribution in [0, 0.1) is 6.92 Å². The van der Waals surface area contributed by atoms with E-state index in [0.29, 0.717) is 23.1 Å². The molecular weight excluding hydrogens is 262 g/mol. The van der Waals surface area contributed by atoms with Gasteiger partial charge in [0.15, 0.2) is 11.5 Å². The maximum absolute atomic E-state index is 6.15. The van der Waals surface area contributed by atoms with Crippen LogP contribution in [-0.2, 0) is 6.54 Å². The molecule has 0 saturated carbocycles. The largest absolute Gasteiger partial charge is 0.454 e. The van der Waals surface area contributed by atoms with E-state index in [1.54, 1.807) is 0 Å². The average Bonchev–Trinajstić information content (AvgIpc) is 2.85. The molecule has 1 aliphatic heterocycles. The van der Waals surface area contributed by atoms with Crippen LogP contribution >= 0.6 is 11.6 Å². The third-order valence-corrected chi connectivity index (χ3v) is 3.28. The summed E-state index contributed by atoms with van der Waals surface area (Å²) in [6.45, 7) is 3.01. The molecule has 0 bridgehead atoms. The fourth-order valence-electron chi connectivity index (χ4n) is 2.08. The van der Waals surface area contributed by atoms with E-state index in [1.165, 1.54) is 5.56 Å². The van der Waals surface area contributed by atoms with Crippen molar-refractivity contribution >= 4 is 17.3 Å². The molecule has 0 unspecified atom stereocenters. The molecule has 0 fully saturated rings. The third kappa shape index (κ3) is 2.61. The normalized spacial score (nSPS) is 12.5. The van der Waals surface area contributed by atoms with Gasteiger partial charge in [-0.1, -0.05) is 23.7 Å². The van der Waals surface area contributed by atoms with Crippen molar-refractivity contribution in [2.45, 2.75) is 13.5 Å². The van der Waals surface area contributed by atoms with E-state index in [0.717, 1.165) is 11.3 Å². The first kappa shape index (κ1) is 12.2. The molecule has 0 amide bonds. The van der Waals surface area contributed by atoms with Gasteiger partial charge >= 0.3 is 0 Å². The summed E-state index contributed by atoms with van der Waals surface area (Å²) in [7, 11) is 0. The van der Waals surface area contributed by atoms with Gasteiger partial charge in [0.2, 0.25) is 6.79 Å². The molecule has 1 heterocycles. The molecule has 0 aliphatic carbocycles. The Morgan fingerprint density at radius 3 is 2.95 bits per heavy atom. The van der Waals surface area contributed by atoms with Gasteiger partial charge in [0.25, 0.3) is 0 Å². The van der Waals surface area contributed by atoms with Gasteiger partial charge in [-0.3, -0.25) is 0 Å². The van der Waals surface area contributed by atoms with E-state index >= 15 is 0 Å². The zero-order chi connectivity index (χ0) is 13.2. The van der Waals surface area contributed by atoms with Crippen LogP contribution in [0.1, 0.15) is 11.1 Å². The Kier molecular flexibility index (Phi) is 3.22. The Balaban J connectivity index is 1.76. The van der Waals surface area contributed by atoms with Gasteiger partial charge in [0.05, 0.1) is 5.02 Å². The highest BCUT2D eigenvalue weighted by Gasteiger charge is 2.17. The third-order valence-electron chi connectivity index (χ3n) is 3.00. The molecule has 2 aromatic carbocycles. The zero-order valence-electron chi connectivity index (χ0n) is 10.6. The van der Waals surface area contributed by atoms with E-state index in [4.69, 9.17) is 21.1 Å². The number of aryl methyl sites for hydroxylation is 1. The van der Waals surface area contributed by atoms with Crippen molar-refractivity contribution in [1.82, 2.24) is 0 Å². The first-order valence-corrected chi connectivity index (χ1v) is 6.49. The monoisotopic (exact) mass is 275 g/mol. The second kappa shape index (κ2) is 5.02. The predicted octanol–water partition coefficient (Wildman–Crippen LogP) is 3.99. The summed E-state index contributed by atoms with van der Waals surface area (Å²) >= 11 is 6.15. The van der Waals surface area contributed by atoms with E-state index in [2.05, 4.69) is 24.4 Å². The minimum Gasteiger partial charge on any atom is -0.454 e. The van der Waals surface area contributed by atoms with Crippen molar-refractivity contribution in [2.75, 3.05) is 12.1 Å². The van der Waals surface area contributed by atoms with Crippen LogP contribution in [0.25, 0.3) is 0 Å². The number of rotatable bonds is 3. The average molecular weight is 276 g/mol. The number of benzene rings is 2. The molecule has 0 spiro atoms. The van der Waals surface area contributed by atoms with Crippen molar-refractivity contribution in [1.29, 1.82) is 0 Å². The molecule has 98 valence electrons. The fraction of sp³-hybridized carbons (Fsp3) is 0.200. The number of anilines is 1. The topological polar surface area (TPSA) is 30.5 Å². The Labute approximate surface area is 117 Å². The maximum atomic E-state index is 6.15. The number of ether oxygens (including phenoxy) is 2. The molecule has 2 aromatic rings. The summed E-state index contributed by atoms with van der Waals surface area (Å²) < 4.78 is 10.6. The van der Waals surface area contributed by atoms with Crippen molar-refractivity contribution in [2.24, 2.45) is 0 Å². The summed E-state index contributed by atoms with van der Waals surface area (Å²) in [6.07, 6.45) is 0. The lowest BCUT2D eigenvalue weighted by molar-refractivity contribution is 0.174. The van der Waals surface area contributed by atoms with E-state index in [1.807, 2.05) is 24.3 Å². The lowest BCUT2D eigenvalue weighted by atomic mass is 10.2. The van der Waals surface area contributed by atoms with Gasteiger partial charge in [-0.2, -0.15) is 0 Å². The molecular formula is C15H14ClNO2. The Bertz CT molecular complexity index is 613. The minimum atomic E-state index is 0.240. The van der Waals surface area contributed by atoms with Gasteiger partial charge in [-0.15, -0.1) is 0 Å². The van der Waals surface area contributed by atoms with Crippen molar-refractivity contribution < 1.29 is 9.47 Å².